The minimum atomic E-state index is -0.548. The maximum atomic E-state index is 12.2. The maximum absolute atomic E-state index is 12.2. The van der Waals surface area contributed by atoms with Crippen LogP contribution in [-0.4, -0.2) is 11.7 Å². The van der Waals surface area contributed by atoms with E-state index < -0.39 is 11.7 Å². The minimum absolute atomic E-state index is 0.0840. The van der Waals surface area contributed by atoms with Crippen LogP contribution in [0.15, 0.2) is 66.7 Å². The summed E-state index contributed by atoms with van der Waals surface area (Å²) in [5.74, 6) is 0.775. The molecule has 0 radical (unpaired) electrons. The first kappa shape index (κ1) is 18.8. The fourth-order valence-electron chi connectivity index (χ4n) is 2.88. The molecule has 0 saturated carbocycles. The minimum Gasteiger partial charge on any atom is -0.485 e. The third-order valence-electron chi connectivity index (χ3n) is 4.09. The number of carbonyl (C=O) groups excluding carboxylic acids is 1. The third kappa shape index (κ3) is 4.79. The van der Waals surface area contributed by atoms with Crippen LogP contribution in [0.4, 0.5) is 10.5 Å². The fourth-order valence-corrected chi connectivity index (χ4v) is 2.88. The van der Waals surface area contributed by atoms with Gasteiger partial charge in [-0.1, -0.05) is 54.6 Å². The summed E-state index contributed by atoms with van der Waals surface area (Å²) >= 11 is 0. The van der Waals surface area contributed by atoms with Gasteiger partial charge < -0.3 is 9.47 Å². The fraction of sp³-hybridized carbons (Fsp3) is 0.261. The topological polar surface area (TPSA) is 47.6 Å². The maximum Gasteiger partial charge on any atom is 0.412 e. The monoisotopic (exact) mass is 363 g/mol. The van der Waals surface area contributed by atoms with Crippen LogP contribution in [0, 0.1) is 0 Å². The number of carbonyl (C=O) groups is 1. The lowest BCUT2D eigenvalue weighted by atomic mass is 10.1. The standard InChI is InChI=1S/C23H25NO3/c1-16(17-10-6-5-7-11-17)26-21-15-14-20(18-12-8-9-13-19(18)21)24-22(25)27-23(2,3)4/h5-16H,1-4H3,(H,24,25). The van der Waals surface area contributed by atoms with Crippen molar-refractivity contribution >= 4 is 22.6 Å². The Bertz CT molecular complexity index is 929. The normalized spacial score (nSPS) is 12.4. The number of nitrogens with one attached hydrogen (secondary N) is 1. The average Bonchev–Trinajstić information content (AvgIpc) is 2.63. The number of rotatable bonds is 4. The lowest BCUT2D eigenvalue weighted by Gasteiger charge is -2.21. The number of amides is 1. The van der Waals surface area contributed by atoms with E-state index in [4.69, 9.17) is 9.47 Å². The van der Waals surface area contributed by atoms with Crippen LogP contribution in [-0.2, 0) is 4.74 Å². The number of hydrogen-bond acceptors (Lipinski definition) is 3. The van der Waals surface area contributed by atoms with Crippen molar-refractivity contribution in [1.29, 1.82) is 0 Å². The van der Waals surface area contributed by atoms with Crippen molar-refractivity contribution in [2.45, 2.75) is 39.4 Å². The molecule has 0 aliphatic rings. The number of fused-ring (bicyclic) bond motifs is 1. The molecule has 1 N–H and O–H groups in total. The van der Waals surface area contributed by atoms with Crippen LogP contribution in [0.1, 0.15) is 39.4 Å². The molecule has 0 aliphatic carbocycles. The second kappa shape index (κ2) is 7.70. The largest absolute Gasteiger partial charge is 0.485 e. The van der Waals surface area contributed by atoms with Gasteiger partial charge in [0.2, 0.25) is 0 Å². The zero-order valence-electron chi connectivity index (χ0n) is 16.2. The van der Waals surface area contributed by atoms with E-state index in [0.29, 0.717) is 5.69 Å². The molecule has 0 bridgehead atoms. The summed E-state index contributed by atoms with van der Waals surface area (Å²) in [5, 5.41) is 4.68. The molecular formula is C23H25NO3. The quantitative estimate of drug-likeness (QED) is 0.589. The molecule has 0 fully saturated rings. The highest BCUT2D eigenvalue weighted by molar-refractivity contribution is 6.02. The molecule has 0 aliphatic heterocycles. The highest BCUT2D eigenvalue weighted by Gasteiger charge is 2.18. The molecule has 3 aromatic carbocycles. The molecule has 4 heteroatoms. The molecule has 1 atom stereocenters. The molecule has 3 rings (SSSR count). The van der Waals surface area contributed by atoms with E-state index >= 15 is 0 Å². The summed E-state index contributed by atoms with van der Waals surface area (Å²) in [7, 11) is 0. The Labute approximate surface area is 160 Å². The van der Waals surface area contributed by atoms with E-state index in [1.165, 1.54) is 0 Å². The van der Waals surface area contributed by atoms with Crippen LogP contribution in [0.3, 0.4) is 0 Å². The Morgan fingerprint density at radius 2 is 1.52 bits per heavy atom. The van der Waals surface area contributed by atoms with Gasteiger partial charge in [0.1, 0.15) is 17.5 Å². The van der Waals surface area contributed by atoms with Crippen molar-refractivity contribution in [3.63, 3.8) is 0 Å². The first-order chi connectivity index (χ1) is 12.8. The van der Waals surface area contributed by atoms with Crippen molar-refractivity contribution in [2.24, 2.45) is 0 Å². The average molecular weight is 363 g/mol. The molecular weight excluding hydrogens is 338 g/mol. The summed E-state index contributed by atoms with van der Waals surface area (Å²) < 4.78 is 11.6. The second-order valence-electron chi connectivity index (χ2n) is 7.45. The molecule has 1 unspecified atom stereocenters. The van der Waals surface area contributed by atoms with Gasteiger partial charge in [-0.25, -0.2) is 4.79 Å². The van der Waals surface area contributed by atoms with Crippen LogP contribution < -0.4 is 10.1 Å². The van der Waals surface area contributed by atoms with Crippen molar-refractivity contribution in [3.05, 3.63) is 72.3 Å². The summed E-state index contributed by atoms with van der Waals surface area (Å²) in [6.07, 6.45) is -0.557. The van der Waals surface area contributed by atoms with Crippen LogP contribution >= 0.6 is 0 Å². The zero-order valence-corrected chi connectivity index (χ0v) is 16.2. The smallest absolute Gasteiger partial charge is 0.412 e. The van der Waals surface area contributed by atoms with E-state index in [0.717, 1.165) is 22.1 Å². The number of hydrogen-bond donors (Lipinski definition) is 1. The first-order valence-electron chi connectivity index (χ1n) is 9.07. The van der Waals surface area contributed by atoms with Gasteiger partial charge in [-0.2, -0.15) is 0 Å². The van der Waals surface area contributed by atoms with Crippen molar-refractivity contribution < 1.29 is 14.3 Å². The highest BCUT2D eigenvalue weighted by atomic mass is 16.6. The molecule has 1 amide bonds. The molecule has 0 spiro atoms. The number of ether oxygens (including phenoxy) is 2. The summed E-state index contributed by atoms with van der Waals surface area (Å²) in [6, 6.07) is 21.7. The van der Waals surface area contributed by atoms with Crippen LogP contribution in [0.25, 0.3) is 10.8 Å². The van der Waals surface area contributed by atoms with Gasteiger partial charge in [-0.15, -0.1) is 0 Å². The molecule has 4 nitrogen and oxygen atoms in total. The molecule has 0 aromatic heterocycles. The Kier molecular flexibility index (Phi) is 5.36. The van der Waals surface area contributed by atoms with E-state index in [9.17, 15) is 4.79 Å². The van der Waals surface area contributed by atoms with Crippen LogP contribution in [0.2, 0.25) is 0 Å². The van der Waals surface area contributed by atoms with Gasteiger partial charge in [-0.05, 0) is 45.4 Å². The van der Waals surface area contributed by atoms with Gasteiger partial charge in [0.15, 0.2) is 0 Å². The predicted octanol–water partition coefficient (Wildman–Crippen LogP) is 6.33. The summed E-state index contributed by atoms with van der Waals surface area (Å²) in [6.45, 7) is 7.54. The highest BCUT2D eigenvalue weighted by Crippen LogP contribution is 2.34. The number of anilines is 1. The predicted molar refractivity (Wildman–Crippen MR) is 109 cm³/mol. The van der Waals surface area contributed by atoms with Crippen LogP contribution in [0.5, 0.6) is 5.75 Å². The van der Waals surface area contributed by atoms with Gasteiger partial charge in [-0.3, -0.25) is 5.32 Å². The molecule has 0 heterocycles. The van der Waals surface area contributed by atoms with Gasteiger partial charge >= 0.3 is 6.09 Å². The first-order valence-corrected chi connectivity index (χ1v) is 9.07. The molecule has 0 saturated heterocycles. The van der Waals surface area contributed by atoms with E-state index in [1.54, 1.807) is 0 Å². The van der Waals surface area contributed by atoms with E-state index in [1.807, 2.05) is 94.4 Å². The summed E-state index contributed by atoms with van der Waals surface area (Å²) in [4.78, 5) is 12.2. The third-order valence-corrected chi connectivity index (χ3v) is 4.09. The van der Waals surface area contributed by atoms with Crippen molar-refractivity contribution in [3.8, 4) is 5.75 Å². The van der Waals surface area contributed by atoms with Gasteiger partial charge in [0.05, 0.1) is 5.69 Å². The molecule has 3 aromatic rings. The Balaban J connectivity index is 1.88. The summed E-state index contributed by atoms with van der Waals surface area (Å²) in [5.41, 5.74) is 1.26. The lowest BCUT2D eigenvalue weighted by Crippen LogP contribution is -2.27. The Hall–Kier alpha value is -3.01. The van der Waals surface area contributed by atoms with Gasteiger partial charge in [0, 0.05) is 10.8 Å². The van der Waals surface area contributed by atoms with E-state index in [2.05, 4.69) is 5.32 Å². The second-order valence-corrected chi connectivity index (χ2v) is 7.45. The molecule has 27 heavy (non-hydrogen) atoms. The Morgan fingerprint density at radius 3 is 2.19 bits per heavy atom. The zero-order chi connectivity index (χ0) is 19.4. The van der Waals surface area contributed by atoms with E-state index in [-0.39, 0.29) is 6.10 Å². The van der Waals surface area contributed by atoms with Crippen molar-refractivity contribution in [1.82, 2.24) is 0 Å². The lowest BCUT2D eigenvalue weighted by molar-refractivity contribution is 0.0636. The van der Waals surface area contributed by atoms with Gasteiger partial charge in [0.25, 0.3) is 0 Å². The number of benzene rings is 3. The SMILES string of the molecule is CC(Oc1ccc(NC(=O)OC(C)(C)C)c2ccccc12)c1ccccc1. The molecule has 140 valence electrons. The van der Waals surface area contributed by atoms with Crippen molar-refractivity contribution in [2.75, 3.05) is 5.32 Å². The Morgan fingerprint density at radius 1 is 0.889 bits per heavy atom.